The van der Waals surface area contributed by atoms with Crippen molar-refractivity contribution in [2.75, 3.05) is 18.0 Å². The van der Waals surface area contributed by atoms with E-state index in [1.54, 1.807) is 11.7 Å². The number of rotatable bonds is 5. The molecule has 8 nitrogen and oxygen atoms in total. The Hall–Kier alpha value is -2.12. The quantitative estimate of drug-likeness (QED) is 0.654. The lowest BCUT2D eigenvalue weighted by molar-refractivity contribution is -0.384. The second kappa shape index (κ2) is 6.11. The number of hydrogen-bond acceptors (Lipinski definition) is 5. The summed E-state index contributed by atoms with van der Waals surface area (Å²) in [5, 5.41) is 24.7. The number of hydrogen-bond donors (Lipinski definition) is 1. The van der Waals surface area contributed by atoms with Crippen molar-refractivity contribution in [2.45, 2.75) is 32.6 Å². The van der Waals surface area contributed by atoms with Gasteiger partial charge in [-0.15, -0.1) is 0 Å². The first-order valence-electron chi connectivity index (χ1n) is 7.13. The molecule has 1 fully saturated rings. The van der Waals surface area contributed by atoms with Crippen molar-refractivity contribution in [1.82, 2.24) is 9.78 Å². The summed E-state index contributed by atoms with van der Waals surface area (Å²) >= 11 is 0. The van der Waals surface area contributed by atoms with Crippen molar-refractivity contribution in [3.8, 4) is 0 Å². The van der Waals surface area contributed by atoms with Gasteiger partial charge in [0.1, 0.15) is 5.69 Å². The predicted octanol–water partition coefficient (Wildman–Crippen LogP) is 1.58. The van der Waals surface area contributed by atoms with E-state index in [4.69, 9.17) is 5.11 Å². The van der Waals surface area contributed by atoms with Gasteiger partial charge in [0.2, 0.25) is 5.82 Å². The molecular weight excluding hydrogens is 276 g/mol. The molecule has 1 aromatic heterocycles. The number of aromatic nitrogens is 2. The van der Waals surface area contributed by atoms with Crippen LogP contribution in [-0.4, -0.2) is 38.9 Å². The summed E-state index contributed by atoms with van der Waals surface area (Å²) in [4.78, 5) is 23.9. The molecule has 1 aliphatic rings. The largest absolute Gasteiger partial charge is 0.481 e. The number of aliphatic carboxylic acids is 1. The summed E-state index contributed by atoms with van der Waals surface area (Å²) in [6.07, 6.45) is 2.36. The van der Waals surface area contributed by atoms with E-state index in [-0.39, 0.29) is 16.5 Å². The molecule has 116 valence electrons. The van der Waals surface area contributed by atoms with Crippen LogP contribution in [0.4, 0.5) is 11.5 Å². The van der Waals surface area contributed by atoms with Crippen LogP contribution in [0.5, 0.6) is 0 Å². The third-order valence-corrected chi connectivity index (χ3v) is 3.88. The smallest absolute Gasteiger partial charge is 0.334 e. The van der Waals surface area contributed by atoms with Gasteiger partial charge in [0.15, 0.2) is 0 Å². The van der Waals surface area contributed by atoms with Gasteiger partial charge in [0.05, 0.1) is 10.8 Å². The second-order valence-corrected chi connectivity index (χ2v) is 5.35. The number of nitro groups is 1. The van der Waals surface area contributed by atoms with Gasteiger partial charge in [0.25, 0.3) is 0 Å². The number of aryl methyl sites for hydroxylation is 2. The van der Waals surface area contributed by atoms with E-state index in [0.29, 0.717) is 43.9 Å². The average molecular weight is 296 g/mol. The first kappa shape index (κ1) is 15.3. The van der Waals surface area contributed by atoms with E-state index in [1.165, 1.54) is 0 Å². The Bertz CT molecular complexity index is 547. The van der Waals surface area contributed by atoms with Crippen LogP contribution in [0.1, 0.15) is 31.9 Å². The molecule has 0 atom stereocenters. The zero-order chi connectivity index (χ0) is 15.6. The Morgan fingerprint density at radius 2 is 2.10 bits per heavy atom. The molecule has 0 spiro atoms. The summed E-state index contributed by atoms with van der Waals surface area (Å²) in [7, 11) is 1.70. The van der Waals surface area contributed by atoms with Gasteiger partial charge in [-0.3, -0.25) is 14.9 Å². The minimum absolute atomic E-state index is 0.0631. The first-order chi connectivity index (χ1) is 9.95. The van der Waals surface area contributed by atoms with Crippen molar-refractivity contribution in [2.24, 2.45) is 13.0 Å². The molecule has 0 unspecified atom stereocenters. The van der Waals surface area contributed by atoms with Crippen LogP contribution in [0.15, 0.2) is 0 Å². The zero-order valence-electron chi connectivity index (χ0n) is 12.3. The third kappa shape index (κ3) is 2.98. The second-order valence-electron chi connectivity index (χ2n) is 5.35. The molecule has 0 aromatic carbocycles. The Morgan fingerprint density at radius 1 is 1.48 bits per heavy atom. The van der Waals surface area contributed by atoms with Crippen molar-refractivity contribution >= 4 is 17.5 Å². The Kier molecular flexibility index (Phi) is 4.44. The number of anilines is 1. The van der Waals surface area contributed by atoms with Crippen molar-refractivity contribution in [3.05, 3.63) is 15.8 Å². The fraction of sp³-hybridized carbons (Fsp3) is 0.692. The van der Waals surface area contributed by atoms with Crippen LogP contribution in [0.25, 0.3) is 0 Å². The van der Waals surface area contributed by atoms with E-state index in [1.807, 2.05) is 11.8 Å². The van der Waals surface area contributed by atoms with E-state index in [0.717, 1.165) is 6.42 Å². The fourth-order valence-corrected chi connectivity index (χ4v) is 2.84. The van der Waals surface area contributed by atoms with Gasteiger partial charge in [-0.2, -0.15) is 5.10 Å². The molecule has 8 heteroatoms. The Labute approximate surface area is 122 Å². The molecule has 2 rings (SSSR count). The number of carboxylic acids is 1. The molecule has 1 N–H and O–H groups in total. The minimum atomic E-state index is -0.791. The van der Waals surface area contributed by atoms with Crippen molar-refractivity contribution < 1.29 is 14.8 Å². The minimum Gasteiger partial charge on any atom is -0.481 e. The van der Waals surface area contributed by atoms with Crippen molar-refractivity contribution in [1.29, 1.82) is 0 Å². The average Bonchev–Trinajstić information content (AvgIpc) is 2.76. The van der Waals surface area contributed by atoms with Gasteiger partial charge < -0.3 is 10.0 Å². The zero-order valence-corrected chi connectivity index (χ0v) is 12.3. The molecule has 0 radical (unpaired) electrons. The maximum absolute atomic E-state index is 11.4. The van der Waals surface area contributed by atoms with E-state index >= 15 is 0 Å². The van der Waals surface area contributed by atoms with Gasteiger partial charge in [-0.1, -0.05) is 13.3 Å². The lowest BCUT2D eigenvalue weighted by Gasteiger charge is -2.30. The highest BCUT2D eigenvalue weighted by atomic mass is 16.6. The Balaban J connectivity index is 2.27. The van der Waals surface area contributed by atoms with E-state index in [9.17, 15) is 14.9 Å². The van der Waals surface area contributed by atoms with Crippen molar-refractivity contribution in [3.63, 3.8) is 0 Å². The summed E-state index contributed by atoms with van der Waals surface area (Å²) in [6.45, 7) is 2.96. The normalized spacial score (nSPS) is 16.2. The predicted molar refractivity (Wildman–Crippen MR) is 76.4 cm³/mol. The number of carbonyl (C=O) groups is 1. The molecule has 21 heavy (non-hydrogen) atoms. The molecular formula is C13H20N4O4. The van der Waals surface area contributed by atoms with Crippen LogP contribution >= 0.6 is 0 Å². The molecule has 2 heterocycles. The SMILES string of the molecule is CCCc1nn(C)c(N2CCC(C(=O)O)CC2)c1[N+](=O)[O-]. The molecule has 1 aliphatic heterocycles. The topological polar surface area (TPSA) is 102 Å². The molecule has 0 aliphatic carbocycles. The third-order valence-electron chi connectivity index (χ3n) is 3.88. The van der Waals surface area contributed by atoms with Crippen LogP contribution < -0.4 is 4.90 Å². The maximum Gasteiger partial charge on any atom is 0.334 e. The number of carboxylic acid groups (broad SMARTS) is 1. The fourth-order valence-electron chi connectivity index (χ4n) is 2.84. The number of piperidine rings is 1. The number of nitrogens with zero attached hydrogens (tertiary/aromatic N) is 4. The maximum atomic E-state index is 11.4. The summed E-state index contributed by atoms with van der Waals surface area (Å²) < 4.78 is 1.55. The molecule has 0 amide bonds. The summed E-state index contributed by atoms with van der Waals surface area (Å²) in [5.41, 5.74) is 0.563. The lowest BCUT2D eigenvalue weighted by atomic mass is 9.97. The monoisotopic (exact) mass is 296 g/mol. The van der Waals surface area contributed by atoms with Gasteiger partial charge in [-0.25, -0.2) is 4.68 Å². The Morgan fingerprint density at radius 3 is 2.57 bits per heavy atom. The molecule has 0 saturated carbocycles. The van der Waals surface area contributed by atoms with Crippen LogP contribution in [0, 0.1) is 16.0 Å². The first-order valence-corrected chi connectivity index (χ1v) is 7.13. The van der Waals surface area contributed by atoms with Crippen LogP contribution in [0.3, 0.4) is 0 Å². The molecule has 1 aromatic rings. The van der Waals surface area contributed by atoms with Crippen LogP contribution in [-0.2, 0) is 18.3 Å². The van der Waals surface area contributed by atoms with E-state index in [2.05, 4.69) is 5.10 Å². The lowest BCUT2D eigenvalue weighted by Crippen LogP contribution is -2.37. The standard InChI is InChI=1S/C13H20N4O4/c1-3-4-10-11(17(20)21)12(15(2)14-10)16-7-5-9(6-8-16)13(18)19/h9H,3-8H2,1-2H3,(H,18,19). The van der Waals surface area contributed by atoms with Crippen LogP contribution in [0.2, 0.25) is 0 Å². The highest BCUT2D eigenvalue weighted by Crippen LogP contribution is 2.34. The van der Waals surface area contributed by atoms with Gasteiger partial charge in [-0.05, 0) is 19.3 Å². The molecule has 0 bridgehead atoms. The summed E-state index contributed by atoms with van der Waals surface area (Å²) in [5.74, 6) is -0.656. The van der Waals surface area contributed by atoms with Gasteiger partial charge >= 0.3 is 11.7 Å². The summed E-state index contributed by atoms with van der Waals surface area (Å²) in [6, 6.07) is 0. The van der Waals surface area contributed by atoms with Gasteiger partial charge in [0, 0.05) is 20.1 Å². The molecule has 1 saturated heterocycles. The van der Waals surface area contributed by atoms with E-state index < -0.39 is 5.97 Å². The highest BCUT2D eigenvalue weighted by Gasteiger charge is 2.33. The highest BCUT2D eigenvalue weighted by molar-refractivity contribution is 5.71.